The van der Waals surface area contributed by atoms with Crippen molar-refractivity contribution in [1.82, 2.24) is 19.7 Å². The zero-order chi connectivity index (χ0) is 9.26. The molecule has 1 aliphatic rings. The normalized spacial score (nSPS) is 24.0. The summed E-state index contributed by atoms with van der Waals surface area (Å²) in [6, 6.07) is 0.341. The minimum Gasteiger partial charge on any atom is -0.326 e. The minimum atomic E-state index is 0.341. The van der Waals surface area contributed by atoms with E-state index in [1.54, 1.807) is 6.33 Å². The van der Waals surface area contributed by atoms with Gasteiger partial charge < -0.3 is 10.3 Å². The van der Waals surface area contributed by atoms with Crippen molar-refractivity contribution in [2.45, 2.75) is 19.0 Å². The highest BCUT2D eigenvalue weighted by atomic mass is 15.3. The van der Waals surface area contributed by atoms with Gasteiger partial charge in [0.2, 0.25) is 0 Å². The number of likely N-dealkylation sites (tertiary alicyclic amines) is 1. The summed E-state index contributed by atoms with van der Waals surface area (Å²) >= 11 is 0. The predicted molar refractivity (Wildman–Crippen MR) is 48.9 cm³/mol. The second kappa shape index (κ2) is 3.43. The smallest absolute Gasteiger partial charge is 0.146 e. The monoisotopic (exact) mass is 181 g/mol. The lowest BCUT2D eigenvalue weighted by molar-refractivity contribution is 0.314. The molecule has 0 spiro atoms. The molecule has 0 aliphatic carbocycles. The van der Waals surface area contributed by atoms with E-state index in [0.29, 0.717) is 6.04 Å². The van der Waals surface area contributed by atoms with E-state index in [-0.39, 0.29) is 0 Å². The van der Waals surface area contributed by atoms with Gasteiger partial charge in [0.25, 0.3) is 0 Å². The van der Waals surface area contributed by atoms with Crippen molar-refractivity contribution in [1.29, 1.82) is 0 Å². The fraction of sp³-hybridized carbons (Fsp3) is 0.750. The van der Waals surface area contributed by atoms with E-state index in [0.717, 1.165) is 31.9 Å². The van der Waals surface area contributed by atoms with Gasteiger partial charge in [-0.1, -0.05) is 0 Å². The van der Waals surface area contributed by atoms with Crippen molar-refractivity contribution in [3.63, 3.8) is 0 Å². The summed E-state index contributed by atoms with van der Waals surface area (Å²) in [5.41, 5.74) is 5.81. The predicted octanol–water partition coefficient (Wildman–Crippen LogP) is -0.652. The summed E-state index contributed by atoms with van der Waals surface area (Å²) in [4.78, 5) is 2.31. The Morgan fingerprint density at radius 2 is 2.54 bits per heavy atom. The van der Waals surface area contributed by atoms with Crippen LogP contribution in [0, 0.1) is 0 Å². The molecule has 0 saturated carbocycles. The number of nitrogens with zero attached hydrogens (tertiary/aromatic N) is 4. The van der Waals surface area contributed by atoms with Crippen molar-refractivity contribution < 1.29 is 0 Å². The first-order valence-corrected chi connectivity index (χ1v) is 4.56. The Bertz CT molecular complexity index is 282. The van der Waals surface area contributed by atoms with Crippen LogP contribution in [-0.2, 0) is 13.6 Å². The lowest BCUT2D eigenvalue weighted by Crippen LogP contribution is -2.27. The molecule has 1 saturated heterocycles. The molecule has 13 heavy (non-hydrogen) atoms. The van der Waals surface area contributed by atoms with Gasteiger partial charge in [0, 0.05) is 26.2 Å². The van der Waals surface area contributed by atoms with Crippen LogP contribution in [0.1, 0.15) is 12.2 Å². The highest BCUT2D eigenvalue weighted by Gasteiger charge is 2.20. The quantitative estimate of drug-likeness (QED) is 0.658. The van der Waals surface area contributed by atoms with Crippen LogP contribution in [0.25, 0.3) is 0 Å². The Hall–Kier alpha value is -0.940. The maximum absolute atomic E-state index is 5.81. The van der Waals surface area contributed by atoms with E-state index in [1.165, 1.54) is 0 Å². The number of rotatable bonds is 2. The Balaban J connectivity index is 1.95. The molecule has 0 amide bonds. The molecule has 5 nitrogen and oxygen atoms in total. The largest absolute Gasteiger partial charge is 0.326 e. The van der Waals surface area contributed by atoms with Crippen LogP contribution in [0.15, 0.2) is 6.33 Å². The van der Waals surface area contributed by atoms with Crippen molar-refractivity contribution in [3.8, 4) is 0 Å². The van der Waals surface area contributed by atoms with Gasteiger partial charge in [-0.15, -0.1) is 10.2 Å². The first-order valence-electron chi connectivity index (χ1n) is 4.56. The molecule has 5 heteroatoms. The lowest BCUT2D eigenvalue weighted by Gasteiger charge is -2.13. The molecule has 1 aromatic rings. The Morgan fingerprint density at radius 3 is 3.08 bits per heavy atom. The van der Waals surface area contributed by atoms with Gasteiger partial charge in [0.05, 0.1) is 6.54 Å². The third-order valence-corrected chi connectivity index (χ3v) is 2.48. The van der Waals surface area contributed by atoms with Crippen LogP contribution >= 0.6 is 0 Å². The van der Waals surface area contributed by atoms with E-state index in [9.17, 15) is 0 Å². The van der Waals surface area contributed by atoms with Crippen LogP contribution < -0.4 is 5.73 Å². The van der Waals surface area contributed by atoms with Crippen molar-refractivity contribution in [3.05, 3.63) is 12.2 Å². The van der Waals surface area contributed by atoms with Crippen LogP contribution in [0.4, 0.5) is 0 Å². The van der Waals surface area contributed by atoms with E-state index in [2.05, 4.69) is 15.1 Å². The molecule has 1 fully saturated rings. The number of aromatic nitrogens is 3. The number of hydrogen-bond donors (Lipinski definition) is 1. The summed E-state index contributed by atoms with van der Waals surface area (Å²) in [5, 5.41) is 7.87. The van der Waals surface area contributed by atoms with Gasteiger partial charge in [-0.3, -0.25) is 4.90 Å². The number of hydrogen-bond acceptors (Lipinski definition) is 4. The average molecular weight is 181 g/mol. The van der Waals surface area contributed by atoms with Crippen molar-refractivity contribution in [2.24, 2.45) is 12.8 Å². The molecular formula is C8H15N5. The topological polar surface area (TPSA) is 60.0 Å². The van der Waals surface area contributed by atoms with Gasteiger partial charge in [0.1, 0.15) is 12.2 Å². The molecule has 0 aromatic carbocycles. The molecule has 1 aromatic heterocycles. The van der Waals surface area contributed by atoms with Crippen LogP contribution in [0.3, 0.4) is 0 Å². The summed E-state index contributed by atoms with van der Waals surface area (Å²) in [6.07, 6.45) is 2.82. The van der Waals surface area contributed by atoms with E-state index >= 15 is 0 Å². The standard InChI is InChI=1S/C8H15N5/c1-12-6-10-11-8(12)5-13-3-2-7(9)4-13/h6-7H,2-5,9H2,1H3. The molecule has 0 bridgehead atoms. The van der Waals surface area contributed by atoms with Crippen LogP contribution in [0.5, 0.6) is 0 Å². The molecule has 2 rings (SSSR count). The molecule has 1 atom stereocenters. The number of nitrogens with two attached hydrogens (primary N) is 1. The zero-order valence-corrected chi connectivity index (χ0v) is 7.85. The fourth-order valence-electron chi connectivity index (χ4n) is 1.66. The van der Waals surface area contributed by atoms with Crippen molar-refractivity contribution in [2.75, 3.05) is 13.1 Å². The highest BCUT2D eigenvalue weighted by Crippen LogP contribution is 2.09. The zero-order valence-electron chi connectivity index (χ0n) is 7.85. The lowest BCUT2D eigenvalue weighted by atomic mass is 10.3. The minimum absolute atomic E-state index is 0.341. The molecule has 1 aliphatic heterocycles. The summed E-state index contributed by atoms with van der Waals surface area (Å²) in [5.74, 6) is 1.01. The van der Waals surface area contributed by atoms with Gasteiger partial charge in [-0.2, -0.15) is 0 Å². The van der Waals surface area contributed by atoms with Gasteiger partial charge in [-0.25, -0.2) is 0 Å². The van der Waals surface area contributed by atoms with E-state index < -0.39 is 0 Å². The molecule has 2 N–H and O–H groups in total. The van der Waals surface area contributed by atoms with Crippen molar-refractivity contribution >= 4 is 0 Å². The van der Waals surface area contributed by atoms with Crippen LogP contribution in [-0.4, -0.2) is 38.8 Å². The van der Waals surface area contributed by atoms with E-state index in [1.807, 2.05) is 11.6 Å². The third-order valence-electron chi connectivity index (χ3n) is 2.48. The van der Waals surface area contributed by atoms with E-state index in [4.69, 9.17) is 5.73 Å². The maximum atomic E-state index is 5.81. The second-order valence-electron chi connectivity index (χ2n) is 3.64. The van der Waals surface area contributed by atoms with Gasteiger partial charge in [0.15, 0.2) is 0 Å². The first-order chi connectivity index (χ1) is 6.25. The Morgan fingerprint density at radius 1 is 1.69 bits per heavy atom. The third kappa shape index (κ3) is 1.87. The first kappa shape index (κ1) is 8.65. The average Bonchev–Trinajstić information content (AvgIpc) is 2.64. The maximum Gasteiger partial charge on any atom is 0.146 e. The molecule has 72 valence electrons. The summed E-state index contributed by atoms with van der Waals surface area (Å²) < 4.78 is 1.95. The van der Waals surface area contributed by atoms with Gasteiger partial charge in [-0.05, 0) is 6.42 Å². The molecule has 0 radical (unpaired) electrons. The fourth-order valence-corrected chi connectivity index (χ4v) is 1.66. The highest BCUT2D eigenvalue weighted by molar-refractivity contribution is 4.87. The Kier molecular flexibility index (Phi) is 2.28. The van der Waals surface area contributed by atoms with Crippen LogP contribution in [0.2, 0.25) is 0 Å². The molecule has 1 unspecified atom stereocenters. The molecule has 2 heterocycles. The second-order valence-corrected chi connectivity index (χ2v) is 3.64. The summed E-state index contributed by atoms with van der Waals surface area (Å²) in [6.45, 7) is 2.92. The number of aryl methyl sites for hydroxylation is 1. The van der Waals surface area contributed by atoms with Gasteiger partial charge >= 0.3 is 0 Å². The molecular weight excluding hydrogens is 166 g/mol. The Labute approximate surface area is 77.5 Å². The summed E-state index contributed by atoms with van der Waals surface area (Å²) in [7, 11) is 1.96. The SMILES string of the molecule is Cn1cnnc1CN1CCC(N)C1.